The van der Waals surface area contributed by atoms with Crippen LogP contribution in [0.3, 0.4) is 0 Å². The normalized spacial score (nSPS) is 11.2. The lowest BCUT2D eigenvalue weighted by Gasteiger charge is -2.11. The van der Waals surface area contributed by atoms with E-state index in [0.717, 1.165) is 23.7 Å². The van der Waals surface area contributed by atoms with Gasteiger partial charge in [0.2, 0.25) is 5.91 Å². The first kappa shape index (κ1) is 22.5. The molecule has 3 N–H and O–H groups in total. The van der Waals surface area contributed by atoms with Gasteiger partial charge in [-0.2, -0.15) is 0 Å². The van der Waals surface area contributed by atoms with Crippen molar-refractivity contribution in [2.75, 3.05) is 23.4 Å². The third kappa shape index (κ3) is 10.2. The van der Waals surface area contributed by atoms with Crippen LogP contribution in [0.15, 0.2) is 24.3 Å². The third-order valence-electron chi connectivity index (χ3n) is 3.36. The Labute approximate surface area is 162 Å². The van der Waals surface area contributed by atoms with Crippen LogP contribution in [0.25, 0.3) is 0 Å². The molecule has 9 heteroatoms. The summed E-state index contributed by atoms with van der Waals surface area (Å²) in [6, 6.07) is 6.68. The summed E-state index contributed by atoms with van der Waals surface area (Å²) in [4.78, 5) is 46.4. The van der Waals surface area contributed by atoms with E-state index in [0.29, 0.717) is 5.69 Å². The van der Waals surface area contributed by atoms with Gasteiger partial charge in [0.15, 0.2) is 6.61 Å². The maximum Gasteiger partial charge on any atom is 0.321 e. The van der Waals surface area contributed by atoms with E-state index in [1.54, 1.807) is 13.0 Å². The van der Waals surface area contributed by atoms with Crippen LogP contribution in [0.1, 0.15) is 25.8 Å². The summed E-state index contributed by atoms with van der Waals surface area (Å²) in [7, 11) is 0. The number of benzene rings is 1. The average molecular weight is 395 g/mol. The molecule has 0 aliphatic heterocycles. The quantitative estimate of drug-likeness (QED) is 0.550. The van der Waals surface area contributed by atoms with E-state index < -0.39 is 24.5 Å². The van der Waals surface area contributed by atoms with Gasteiger partial charge in [-0.3, -0.25) is 19.7 Å². The number of hydrogen-bond acceptors (Lipinski definition) is 6. The minimum atomic E-state index is -0.716. The number of anilines is 1. The number of carbonyl (C=O) groups is 4. The molecule has 27 heavy (non-hydrogen) atoms. The summed E-state index contributed by atoms with van der Waals surface area (Å²) in [5.41, 5.74) is 1.72. The van der Waals surface area contributed by atoms with Crippen molar-refractivity contribution in [2.24, 2.45) is 0 Å². The Morgan fingerprint density at radius 2 is 1.89 bits per heavy atom. The molecule has 0 bridgehead atoms. The summed E-state index contributed by atoms with van der Waals surface area (Å²) in [6.07, 6.45) is 0.727. The number of rotatable bonds is 9. The van der Waals surface area contributed by atoms with E-state index in [2.05, 4.69) is 16.0 Å². The zero-order chi connectivity index (χ0) is 20.2. The second-order valence-corrected chi connectivity index (χ2v) is 6.89. The molecule has 1 aromatic rings. The highest BCUT2D eigenvalue weighted by molar-refractivity contribution is 8.00. The first-order valence-electron chi connectivity index (χ1n) is 8.50. The van der Waals surface area contributed by atoms with E-state index in [9.17, 15) is 19.2 Å². The van der Waals surface area contributed by atoms with Crippen LogP contribution in [0.4, 0.5) is 10.5 Å². The molecular weight excluding hydrogens is 370 g/mol. The molecule has 0 spiro atoms. The molecule has 0 unspecified atom stereocenters. The molecule has 0 saturated heterocycles. The number of esters is 1. The molecule has 0 heterocycles. The fraction of sp³-hybridized carbons (Fsp3) is 0.444. The highest BCUT2D eigenvalue weighted by Crippen LogP contribution is 2.10. The Morgan fingerprint density at radius 3 is 2.56 bits per heavy atom. The number of imide groups is 1. The highest BCUT2D eigenvalue weighted by atomic mass is 32.2. The van der Waals surface area contributed by atoms with Crippen molar-refractivity contribution in [1.29, 1.82) is 0 Å². The van der Waals surface area contributed by atoms with Crippen LogP contribution in [-0.2, 0) is 19.1 Å². The Balaban J connectivity index is 2.18. The predicted molar refractivity (Wildman–Crippen MR) is 105 cm³/mol. The summed E-state index contributed by atoms with van der Waals surface area (Å²) in [5, 5.41) is 7.36. The van der Waals surface area contributed by atoms with Crippen molar-refractivity contribution in [2.45, 2.75) is 33.2 Å². The highest BCUT2D eigenvalue weighted by Gasteiger charge is 2.13. The zero-order valence-electron chi connectivity index (χ0n) is 15.7. The minimum Gasteiger partial charge on any atom is -0.455 e. The molecular formula is C18H25N3O5S. The van der Waals surface area contributed by atoms with Gasteiger partial charge < -0.3 is 15.4 Å². The number of ether oxygens (including phenoxy) is 1. The number of urea groups is 1. The molecule has 1 aromatic carbocycles. The van der Waals surface area contributed by atoms with Crippen LogP contribution in [0, 0.1) is 6.92 Å². The van der Waals surface area contributed by atoms with Crippen molar-refractivity contribution in [3.63, 3.8) is 0 Å². The molecule has 0 aliphatic carbocycles. The largest absolute Gasteiger partial charge is 0.455 e. The van der Waals surface area contributed by atoms with Gasteiger partial charge in [-0.25, -0.2) is 4.79 Å². The molecule has 0 saturated carbocycles. The van der Waals surface area contributed by atoms with Gasteiger partial charge in [0.25, 0.3) is 5.91 Å². The second kappa shape index (κ2) is 11.9. The van der Waals surface area contributed by atoms with Crippen LogP contribution in [0.5, 0.6) is 0 Å². The van der Waals surface area contributed by atoms with Gasteiger partial charge >= 0.3 is 12.0 Å². The van der Waals surface area contributed by atoms with Gasteiger partial charge in [0.1, 0.15) is 0 Å². The van der Waals surface area contributed by atoms with Crippen molar-refractivity contribution in [3.05, 3.63) is 29.8 Å². The van der Waals surface area contributed by atoms with Crippen LogP contribution >= 0.6 is 11.8 Å². The summed E-state index contributed by atoms with van der Waals surface area (Å²) >= 11 is 1.07. The SMILES string of the molecule is CC[C@H](C)NC(=O)NC(=O)COC(=O)CSCC(=O)Nc1cccc(C)c1. The third-order valence-corrected chi connectivity index (χ3v) is 4.27. The summed E-state index contributed by atoms with van der Waals surface area (Å²) in [6.45, 7) is 5.07. The number of thioether (sulfide) groups is 1. The maximum atomic E-state index is 11.8. The summed E-state index contributed by atoms with van der Waals surface area (Å²) < 4.78 is 4.77. The average Bonchev–Trinajstić information content (AvgIpc) is 2.59. The van der Waals surface area contributed by atoms with Crippen molar-refractivity contribution >= 4 is 41.3 Å². The second-order valence-electron chi connectivity index (χ2n) is 5.90. The Hall–Kier alpha value is -2.55. The van der Waals surface area contributed by atoms with Gasteiger partial charge in [-0.1, -0.05) is 19.1 Å². The Morgan fingerprint density at radius 1 is 1.15 bits per heavy atom. The van der Waals surface area contributed by atoms with Gasteiger partial charge in [-0.05, 0) is 38.0 Å². The molecule has 0 radical (unpaired) electrons. The molecule has 148 valence electrons. The molecule has 1 atom stereocenters. The van der Waals surface area contributed by atoms with E-state index >= 15 is 0 Å². The first-order chi connectivity index (χ1) is 12.8. The van der Waals surface area contributed by atoms with E-state index in [-0.39, 0.29) is 23.5 Å². The summed E-state index contributed by atoms with van der Waals surface area (Å²) in [5.74, 6) is -1.59. The monoisotopic (exact) mass is 395 g/mol. The van der Waals surface area contributed by atoms with Crippen molar-refractivity contribution in [1.82, 2.24) is 10.6 Å². The number of hydrogen-bond donors (Lipinski definition) is 3. The smallest absolute Gasteiger partial charge is 0.321 e. The predicted octanol–water partition coefficient (Wildman–Crippen LogP) is 1.83. The molecule has 4 amide bonds. The minimum absolute atomic E-state index is 0.0669. The van der Waals surface area contributed by atoms with Crippen LogP contribution < -0.4 is 16.0 Å². The van der Waals surface area contributed by atoms with E-state index in [1.807, 2.05) is 32.0 Å². The molecule has 0 aliphatic rings. The number of carbonyl (C=O) groups excluding carboxylic acids is 4. The van der Waals surface area contributed by atoms with Gasteiger partial charge in [0, 0.05) is 11.7 Å². The topological polar surface area (TPSA) is 114 Å². The number of amides is 4. The molecule has 0 aromatic heterocycles. The fourth-order valence-corrected chi connectivity index (χ4v) is 2.47. The standard InChI is InChI=1S/C18H25N3O5S/c1-4-13(3)19-18(25)21-15(22)9-26-17(24)11-27-10-16(23)20-14-7-5-6-12(2)8-14/h5-8,13H,4,9-11H2,1-3H3,(H,20,23)(H2,19,21,22,25)/t13-/m0/s1. The van der Waals surface area contributed by atoms with Crippen LogP contribution in [-0.4, -0.2) is 48.0 Å². The lowest BCUT2D eigenvalue weighted by Crippen LogP contribution is -2.44. The van der Waals surface area contributed by atoms with Crippen LogP contribution in [0.2, 0.25) is 0 Å². The fourth-order valence-electron chi connectivity index (χ4n) is 1.86. The number of nitrogens with one attached hydrogen (secondary N) is 3. The molecule has 8 nitrogen and oxygen atoms in total. The van der Waals surface area contributed by atoms with Gasteiger partial charge in [-0.15, -0.1) is 11.8 Å². The molecule has 0 fully saturated rings. The lowest BCUT2D eigenvalue weighted by molar-refractivity contribution is -0.145. The zero-order valence-corrected chi connectivity index (χ0v) is 16.5. The van der Waals surface area contributed by atoms with Gasteiger partial charge in [0.05, 0.1) is 11.5 Å². The van der Waals surface area contributed by atoms with E-state index in [4.69, 9.17) is 4.74 Å². The van der Waals surface area contributed by atoms with Crippen molar-refractivity contribution < 1.29 is 23.9 Å². The number of aryl methyl sites for hydroxylation is 1. The van der Waals surface area contributed by atoms with E-state index in [1.165, 1.54) is 0 Å². The Bertz CT molecular complexity index is 681. The van der Waals surface area contributed by atoms with Crippen molar-refractivity contribution in [3.8, 4) is 0 Å². The Kier molecular flexibility index (Phi) is 9.95. The lowest BCUT2D eigenvalue weighted by atomic mass is 10.2. The molecule has 1 rings (SSSR count). The maximum absolute atomic E-state index is 11.8. The first-order valence-corrected chi connectivity index (χ1v) is 9.65.